The average molecular weight is 247 g/mol. The zero-order valence-electron chi connectivity index (χ0n) is 10.7. The van der Waals surface area contributed by atoms with Crippen molar-refractivity contribution in [2.75, 3.05) is 5.32 Å². The van der Waals surface area contributed by atoms with E-state index in [9.17, 15) is 4.79 Å². The molecule has 2 rings (SSSR count). The van der Waals surface area contributed by atoms with E-state index < -0.39 is 0 Å². The van der Waals surface area contributed by atoms with E-state index in [1.165, 1.54) is 32.1 Å². The average Bonchev–Trinajstić information content (AvgIpc) is 2.40. The Labute approximate surface area is 108 Å². The molecule has 1 aliphatic carbocycles. The summed E-state index contributed by atoms with van der Waals surface area (Å²) in [6, 6.07) is 7.33. The third-order valence-electron chi connectivity index (χ3n) is 3.62. The monoisotopic (exact) mass is 247 g/mol. The van der Waals surface area contributed by atoms with Crippen LogP contribution in [0.1, 0.15) is 44.1 Å². The Morgan fingerprint density at radius 2 is 1.83 bits per heavy atom. The number of nitrogens with one attached hydrogen (secondary N) is 1. The molecule has 0 spiro atoms. The summed E-state index contributed by atoms with van der Waals surface area (Å²) in [4.78, 5) is 11.9. The lowest BCUT2D eigenvalue weighted by atomic mass is 9.87. The van der Waals surface area contributed by atoms with Gasteiger partial charge in [-0.05, 0) is 36.5 Å². The number of hydrogen-bond acceptors (Lipinski definition) is 2. The molecular formula is C15H21NO2. The maximum absolute atomic E-state index is 11.9. The molecule has 0 aromatic heterocycles. The van der Waals surface area contributed by atoms with Crippen molar-refractivity contribution in [3.63, 3.8) is 0 Å². The van der Waals surface area contributed by atoms with Gasteiger partial charge in [-0.15, -0.1) is 0 Å². The molecule has 0 aliphatic heterocycles. The van der Waals surface area contributed by atoms with Crippen LogP contribution in [0.4, 0.5) is 5.69 Å². The fourth-order valence-corrected chi connectivity index (χ4v) is 2.56. The first-order chi connectivity index (χ1) is 8.78. The number of benzene rings is 1. The van der Waals surface area contributed by atoms with E-state index >= 15 is 0 Å². The van der Waals surface area contributed by atoms with Crippen LogP contribution in [-0.2, 0) is 11.4 Å². The predicted octanol–water partition coefficient (Wildman–Crippen LogP) is 3.09. The van der Waals surface area contributed by atoms with Crippen molar-refractivity contribution in [1.82, 2.24) is 0 Å². The van der Waals surface area contributed by atoms with Gasteiger partial charge in [0.05, 0.1) is 6.61 Å². The number of carbonyl (C=O) groups excluding carboxylic acids is 1. The first-order valence-electron chi connectivity index (χ1n) is 6.77. The molecule has 0 atom stereocenters. The molecule has 0 heterocycles. The normalized spacial score (nSPS) is 16.5. The van der Waals surface area contributed by atoms with Crippen molar-refractivity contribution < 1.29 is 9.90 Å². The highest BCUT2D eigenvalue weighted by Crippen LogP contribution is 2.26. The lowest BCUT2D eigenvalue weighted by molar-refractivity contribution is -0.117. The number of amides is 1. The predicted molar refractivity (Wildman–Crippen MR) is 72.2 cm³/mol. The summed E-state index contributed by atoms with van der Waals surface area (Å²) in [5, 5.41) is 11.9. The SMILES string of the molecule is O=C(CC1CCCCC1)Nc1ccc(CO)cc1. The second kappa shape index (κ2) is 6.55. The smallest absolute Gasteiger partial charge is 0.224 e. The van der Waals surface area contributed by atoms with Gasteiger partial charge < -0.3 is 10.4 Å². The summed E-state index contributed by atoms with van der Waals surface area (Å²) in [5.41, 5.74) is 1.67. The first kappa shape index (κ1) is 13.1. The Morgan fingerprint density at radius 3 is 2.44 bits per heavy atom. The molecular weight excluding hydrogens is 226 g/mol. The molecule has 0 radical (unpaired) electrons. The van der Waals surface area contributed by atoms with Crippen LogP contribution in [0.5, 0.6) is 0 Å². The van der Waals surface area contributed by atoms with E-state index in [4.69, 9.17) is 5.11 Å². The third-order valence-corrected chi connectivity index (χ3v) is 3.62. The molecule has 1 aromatic carbocycles. The number of aliphatic hydroxyl groups is 1. The van der Waals surface area contributed by atoms with Gasteiger partial charge in [0.15, 0.2) is 0 Å². The van der Waals surface area contributed by atoms with Crippen LogP contribution in [0.15, 0.2) is 24.3 Å². The van der Waals surface area contributed by atoms with Crippen LogP contribution in [0, 0.1) is 5.92 Å². The number of rotatable bonds is 4. The van der Waals surface area contributed by atoms with Crippen LogP contribution in [0.25, 0.3) is 0 Å². The second-order valence-electron chi connectivity index (χ2n) is 5.11. The maximum atomic E-state index is 11.9. The minimum absolute atomic E-state index is 0.0380. The Morgan fingerprint density at radius 1 is 1.17 bits per heavy atom. The van der Waals surface area contributed by atoms with Crippen LogP contribution >= 0.6 is 0 Å². The molecule has 98 valence electrons. The fraction of sp³-hybridized carbons (Fsp3) is 0.533. The van der Waals surface area contributed by atoms with Crippen molar-refractivity contribution in [1.29, 1.82) is 0 Å². The van der Waals surface area contributed by atoms with Crippen LogP contribution < -0.4 is 5.32 Å². The molecule has 1 aromatic rings. The molecule has 1 amide bonds. The van der Waals surface area contributed by atoms with Crippen molar-refractivity contribution in [3.05, 3.63) is 29.8 Å². The highest BCUT2D eigenvalue weighted by molar-refractivity contribution is 5.90. The van der Waals surface area contributed by atoms with Crippen molar-refractivity contribution >= 4 is 11.6 Å². The lowest BCUT2D eigenvalue weighted by Gasteiger charge is -2.20. The van der Waals surface area contributed by atoms with Crippen molar-refractivity contribution in [2.24, 2.45) is 5.92 Å². The molecule has 1 fully saturated rings. The molecule has 1 saturated carbocycles. The standard InChI is InChI=1S/C15H21NO2/c17-11-13-6-8-14(9-7-13)16-15(18)10-12-4-2-1-3-5-12/h6-9,12,17H,1-5,10-11H2,(H,16,18). The second-order valence-corrected chi connectivity index (χ2v) is 5.11. The van der Waals surface area contributed by atoms with E-state index in [0.29, 0.717) is 12.3 Å². The summed E-state index contributed by atoms with van der Waals surface area (Å²) >= 11 is 0. The summed E-state index contributed by atoms with van der Waals surface area (Å²) in [5.74, 6) is 0.675. The van der Waals surface area contributed by atoms with Gasteiger partial charge in [0.2, 0.25) is 5.91 Å². The van der Waals surface area contributed by atoms with E-state index in [1.54, 1.807) is 0 Å². The van der Waals surface area contributed by atoms with Crippen LogP contribution in [0.3, 0.4) is 0 Å². The van der Waals surface area contributed by atoms with E-state index in [1.807, 2.05) is 24.3 Å². The van der Waals surface area contributed by atoms with E-state index in [0.717, 1.165) is 11.3 Å². The Hall–Kier alpha value is -1.35. The zero-order chi connectivity index (χ0) is 12.8. The molecule has 3 nitrogen and oxygen atoms in total. The quantitative estimate of drug-likeness (QED) is 0.859. The van der Waals surface area contributed by atoms with Gasteiger partial charge in [-0.2, -0.15) is 0 Å². The number of hydrogen-bond donors (Lipinski definition) is 2. The Kier molecular flexibility index (Phi) is 4.76. The van der Waals surface area contributed by atoms with E-state index in [2.05, 4.69) is 5.32 Å². The number of anilines is 1. The number of aliphatic hydroxyl groups excluding tert-OH is 1. The molecule has 0 unspecified atom stereocenters. The molecule has 0 saturated heterocycles. The summed E-state index contributed by atoms with van der Waals surface area (Å²) < 4.78 is 0. The summed E-state index contributed by atoms with van der Waals surface area (Å²) in [7, 11) is 0. The van der Waals surface area contributed by atoms with Gasteiger partial charge in [-0.1, -0.05) is 31.4 Å². The first-order valence-corrected chi connectivity index (χ1v) is 6.77. The summed E-state index contributed by atoms with van der Waals surface area (Å²) in [6.07, 6.45) is 6.88. The Bertz CT molecular complexity index is 380. The van der Waals surface area contributed by atoms with Gasteiger partial charge in [0.25, 0.3) is 0 Å². The lowest BCUT2D eigenvalue weighted by Crippen LogP contribution is -2.18. The highest BCUT2D eigenvalue weighted by atomic mass is 16.3. The van der Waals surface area contributed by atoms with Crippen LogP contribution in [0.2, 0.25) is 0 Å². The van der Waals surface area contributed by atoms with Gasteiger partial charge in [-0.25, -0.2) is 0 Å². The van der Waals surface area contributed by atoms with E-state index in [-0.39, 0.29) is 12.5 Å². The largest absolute Gasteiger partial charge is 0.392 e. The topological polar surface area (TPSA) is 49.3 Å². The zero-order valence-corrected chi connectivity index (χ0v) is 10.7. The fourth-order valence-electron chi connectivity index (χ4n) is 2.56. The van der Waals surface area contributed by atoms with Crippen molar-refractivity contribution in [2.45, 2.75) is 45.1 Å². The van der Waals surface area contributed by atoms with Crippen LogP contribution in [-0.4, -0.2) is 11.0 Å². The highest BCUT2D eigenvalue weighted by Gasteiger charge is 2.16. The molecule has 3 heteroatoms. The minimum atomic E-state index is 0.0380. The van der Waals surface area contributed by atoms with Crippen molar-refractivity contribution in [3.8, 4) is 0 Å². The van der Waals surface area contributed by atoms with Gasteiger partial charge >= 0.3 is 0 Å². The van der Waals surface area contributed by atoms with Gasteiger partial charge in [-0.3, -0.25) is 4.79 Å². The van der Waals surface area contributed by atoms with Gasteiger partial charge in [0.1, 0.15) is 0 Å². The number of carbonyl (C=O) groups is 1. The van der Waals surface area contributed by atoms with Gasteiger partial charge in [0, 0.05) is 12.1 Å². The Balaban J connectivity index is 1.82. The molecule has 0 bridgehead atoms. The third kappa shape index (κ3) is 3.84. The minimum Gasteiger partial charge on any atom is -0.392 e. The molecule has 18 heavy (non-hydrogen) atoms. The summed E-state index contributed by atoms with van der Waals surface area (Å²) in [6.45, 7) is 0.0380. The molecule has 1 aliphatic rings. The molecule has 2 N–H and O–H groups in total. The maximum Gasteiger partial charge on any atom is 0.224 e.